The summed E-state index contributed by atoms with van der Waals surface area (Å²) in [5, 5.41) is 0. The number of benzene rings is 1. The molecule has 98 valence electrons. The summed E-state index contributed by atoms with van der Waals surface area (Å²) >= 11 is 0. The second-order valence-corrected chi connectivity index (χ2v) is 6.52. The first-order chi connectivity index (χ1) is 9.01. The Morgan fingerprint density at radius 1 is 1.11 bits per heavy atom. The van der Waals surface area contributed by atoms with Crippen LogP contribution in [-0.4, -0.2) is 21.0 Å². The number of allylic oxidation sites excluding steroid dienone is 1. The molecular formula is C14H12O4S. The molecule has 1 aliphatic carbocycles. The van der Waals surface area contributed by atoms with Gasteiger partial charge in [0, 0.05) is 17.6 Å². The first-order valence-electron chi connectivity index (χ1n) is 5.91. The van der Waals surface area contributed by atoms with Gasteiger partial charge < -0.3 is 4.74 Å². The van der Waals surface area contributed by atoms with Crippen LogP contribution >= 0.6 is 0 Å². The molecule has 0 saturated heterocycles. The van der Waals surface area contributed by atoms with Crippen LogP contribution in [0.15, 0.2) is 56.9 Å². The quantitative estimate of drug-likeness (QED) is 0.775. The minimum Gasteiger partial charge on any atom is -0.457 e. The average Bonchev–Trinajstić information content (AvgIpc) is 2.90. The van der Waals surface area contributed by atoms with Crippen LogP contribution in [0.5, 0.6) is 0 Å². The molecule has 0 radical (unpaired) electrons. The summed E-state index contributed by atoms with van der Waals surface area (Å²) in [6, 6.07) is 8.26. The Balaban J connectivity index is 2.15. The van der Waals surface area contributed by atoms with Gasteiger partial charge >= 0.3 is 5.97 Å². The van der Waals surface area contributed by atoms with Crippen molar-refractivity contribution in [2.75, 3.05) is 6.61 Å². The number of sulfone groups is 1. The van der Waals surface area contributed by atoms with Crippen LogP contribution in [0.4, 0.5) is 0 Å². The first kappa shape index (κ1) is 12.2. The maximum atomic E-state index is 12.6. The number of cyclic esters (lactones) is 1. The van der Waals surface area contributed by atoms with Crippen LogP contribution in [0.25, 0.3) is 0 Å². The van der Waals surface area contributed by atoms with Gasteiger partial charge in [-0.25, -0.2) is 13.2 Å². The van der Waals surface area contributed by atoms with Gasteiger partial charge in [0.15, 0.2) is 0 Å². The third kappa shape index (κ3) is 1.73. The third-order valence-corrected chi connectivity index (χ3v) is 5.41. The Morgan fingerprint density at radius 2 is 1.79 bits per heavy atom. The SMILES string of the molecule is CC1=C(S(=O)(=O)c2ccccc2)C2=C(C1)C(=O)OC2. The zero-order valence-corrected chi connectivity index (χ0v) is 11.2. The van der Waals surface area contributed by atoms with Crippen LogP contribution in [0.2, 0.25) is 0 Å². The smallest absolute Gasteiger partial charge is 0.335 e. The number of rotatable bonds is 2. The second kappa shape index (κ2) is 4.06. The van der Waals surface area contributed by atoms with Crippen molar-refractivity contribution >= 4 is 15.8 Å². The molecule has 0 spiro atoms. The highest BCUT2D eigenvalue weighted by Crippen LogP contribution is 2.41. The fraction of sp³-hybridized carbons (Fsp3) is 0.214. The molecule has 5 heteroatoms. The van der Waals surface area contributed by atoms with Crippen LogP contribution < -0.4 is 0 Å². The number of hydrogen-bond acceptors (Lipinski definition) is 4. The zero-order valence-electron chi connectivity index (χ0n) is 10.3. The van der Waals surface area contributed by atoms with Crippen LogP contribution in [0.1, 0.15) is 13.3 Å². The number of hydrogen-bond donors (Lipinski definition) is 0. The van der Waals surface area contributed by atoms with Gasteiger partial charge in [0.05, 0.1) is 9.80 Å². The Morgan fingerprint density at radius 3 is 2.47 bits per heavy atom. The van der Waals surface area contributed by atoms with Crippen molar-refractivity contribution in [3.63, 3.8) is 0 Å². The molecule has 0 saturated carbocycles. The molecule has 2 aliphatic rings. The molecule has 1 heterocycles. The van der Waals surface area contributed by atoms with E-state index in [9.17, 15) is 13.2 Å². The molecular weight excluding hydrogens is 264 g/mol. The number of ether oxygens (including phenoxy) is 1. The van der Waals surface area contributed by atoms with E-state index in [2.05, 4.69) is 0 Å². The van der Waals surface area contributed by atoms with E-state index >= 15 is 0 Å². The highest BCUT2D eigenvalue weighted by atomic mass is 32.2. The van der Waals surface area contributed by atoms with Crippen molar-refractivity contribution < 1.29 is 17.9 Å². The second-order valence-electron chi connectivity index (χ2n) is 4.64. The average molecular weight is 276 g/mol. The Hall–Kier alpha value is -1.88. The van der Waals surface area contributed by atoms with Crippen LogP contribution in [0, 0.1) is 0 Å². The van der Waals surface area contributed by atoms with E-state index in [0.717, 1.165) is 0 Å². The highest BCUT2D eigenvalue weighted by Gasteiger charge is 2.39. The fourth-order valence-corrected chi connectivity index (χ4v) is 4.32. The van der Waals surface area contributed by atoms with Gasteiger partial charge in [-0.15, -0.1) is 0 Å². The summed E-state index contributed by atoms with van der Waals surface area (Å²) in [6.45, 7) is 1.81. The van der Waals surface area contributed by atoms with Crippen LogP contribution in [0.3, 0.4) is 0 Å². The minimum absolute atomic E-state index is 0.0624. The molecule has 3 rings (SSSR count). The Kier molecular flexibility index (Phi) is 2.60. The molecule has 0 bridgehead atoms. The van der Waals surface area contributed by atoms with Crippen LogP contribution in [-0.2, 0) is 19.4 Å². The summed E-state index contributed by atoms with van der Waals surface area (Å²) in [6.07, 6.45) is 0.371. The molecule has 0 unspecified atom stereocenters. The summed E-state index contributed by atoms with van der Waals surface area (Å²) < 4.78 is 30.2. The Bertz CT molecular complexity index is 724. The molecule has 1 aliphatic heterocycles. The molecule has 1 aromatic carbocycles. The number of carbonyl (C=O) groups excluding carboxylic acids is 1. The van der Waals surface area contributed by atoms with Gasteiger partial charge in [-0.05, 0) is 24.6 Å². The minimum atomic E-state index is -3.58. The van der Waals surface area contributed by atoms with Gasteiger partial charge in [-0.1, -0.05) is 18.2 Å². The van der Waals surface area contributed by atoms with Gasteiger partial charge in [-0.2, -0.15) is 0 Å². The topological polar surface area (TPSA) is 60.4 Å². The highest BCUT2D eigenvalue weighted by molar-refractivity contribution is 7.95. The molecule has 0 amide bonds. The molecule has 4 nitrogen and oxygen atoms in total. The summed E-state index contributed by atoms with van der Waals surface area (Å²) in [7, 11) is -3.58. The molecule has 19 heavy (non-hydrogen) atoms. The zero-order chi connectivity index (χ0) is 13.6. The van der Waals surface area contributed by atoms with Gasteiger partial charge in [0.1, 0.15) is 6.61 Å². The lowest BCUT2D eigenvalue weighted by Crippen LogP contribution is -2.09. The predicted octanol–water partition coefficient (Wildman–Crippen LogP) is 1.99. The standard InChI is InChI=1S/C14H12O4S/c1-9-7-11-12(8-18-14(11)15)13(9)19(16,17)10-5-3-2-4-6-10/h2-6H,7-8H2,1H3. The van der Waals surface area contributed by atoms with E-state index in [1.54, 1.807) is 37.3 Å². The van der Waals surface area contributed by atoms with E-state index in [4.69, 9.17) is 4.74 Å². The van der Waals surface area contributed by atoms with E-state index in [0.29, 0.717) is 23.1 Å². The summed E-state index contributed by atoms with van der Waals surface area (Å²) in [5.41, 5.74) is 1.74. The molecule has 0 N–H and O–H groups in total. The third-order valence-electron chi connectivity index (χ3n) is 3.38. The van der Waals surface area contributed by atoms with E-state index in [-0.39, 0.29) is 16.4 Å². The van der Waals surface area contributed by atoms with Crippen molar-refractivity contribution in [3.8, 4) is 0 Å². The van der Waals surface area contributed by atoms with E-state index in [1.165, 1.54) is 0 Å². The van der Waals surface area contributed by atoms with E-state index < -0.39 is 15.8 Å². The van der Waals surface area contributed by atoms with E-state index in [1.807, 2.05) is 0 Å². The van der Waals surface area contributed by atoms with Crippen molar-refractivity contribution in [2.24, 2.45) is 0 Å². The van der Waals surface area contributed by atoms with Crippen molar-refractivity contribution in [1.29, 1.82) is 0 Å². The first-order valence-corrected chi connectivity index (χ1v) is 7.39. The van der Waals surface area contributed by atoms with Gasteiger partial charge in [0.2, 0.25) is 9.84 Å². The molecule has 1 aromatic rings. The largest absolute Gasteiger partial charge is 0.457 e. The molecule has 0 aromatic heterocycles. The van der Waals surface area contributed by atoms with Crippen molar-refractivity contribution in [1.82, 2.24) is 0 Å². The lowest BCUT2D eigenvalue weighted by Gasteiger charge is -2.09. The van der Waals surface area contributed by atoms with Gasteiger partial charge in [0.25, 0.3) is 0 Å². The predicted molar refractivity (Wildman–Crippen MR) is 68.9 cm³/mol. The number of esters is 1. The molecule has 0 atom stereocenters. The van der Waals surface area contributed by atoms with Crippen molar-refractivity contribution in [2.45, 2.75) is 18.2 Å². The van der Waals surface area contributed by atoms with Gasteiger partial charge in [-0.3, -0.25) is 0 Å². The number of carbonyl (C=O) groups is 1. The summed E-state index contributed by atoms with van der Waals surface area (Å²) in [4.78, 5) is 12.0. The fourth-order valence-electron chi connectivity index (χ4n) is 2.53. The monoisotopic (exact) mass is 276 g/mol. The summed E-state index contributed by atoms with van der Waals surface area (Å²) in [5.74, 6) is -0.396. The molecule has 0 fully saturated rings. The Labute approximate surface area is 111 Å². The maximum absolute atomic E-state index is 12.6. The van der Waals surface area contributed by atoms with Crippen molar-refractivity contribution in [3.05, 3.63) is 52.0 Å². The normalized spacial score (nSPS) is 18.9. The lowest BCUT2D eigenvalue weighted by molar-refractivity contribution is -0.136. The lowest BCUT2D eigenvalue weighted by atomic mass is 10.1. The maximum Gasteiger partial charge on any atom is 0.335 e.